The molecule has 13 heteroatoms. The van der Waals surface area contributed by atoms with Crippen LogP contribution in [0.3, 0.4) is 0 Å². The van der Waals surface area contributed by atoms with Crippen LogP contribution in [0.4, 0.5) is 0 Å². The van der Waals surface area contributed by atoms with Crippen molar-refractivity contribution in [2.75, 3.05) is 106 Å². The van der Waals surface area contributed by atoms with Crippen molar-refractivity contribution in [1.29, 1.82) is 0 Å². The molecule has 4 rings (SSSR count). The van der Waals surface area contributed by atoms with E-state index in [9.17, 15) is 14.4 Å². The van der Waals surface area contributed by atoms with Gasteiger partial charge in [-0.3, -0.25) is 24.2 Å². The molecule has 13 nitrogen and oxygen atoms in total. The summed E-state index contributed by atoms with van der Waals surface area (Å²) >= 11 is 0. The number of ketones is 2. The summed E-state index contributed by atoms with van der Waals surface area (Å²) in [6, 6.07) is 0.860. The van der Waals surface area contributed by atoms with Gasteiger partial charge in [0.25, 0.3) is 0 Å². The minimum Gasteiger partial charge on any atom is -0.511 e. The minimum atomic E-state index is -0.758. The zero-order valence-corrected chi connectivity index (χ0v) is 29.7. The van der Waals surface area contributed by atoms with E-state index in [2.05, 4.69) is 49.5 Å². The number of aliphatic carboxylic acids is 1. The summed E-state index contributed by atoms with van der Waals surface area (Å²) in [5, 5.41) is 30.0. The molecule has 4 aliphatic rings. The van der Waals surface area contributed by atoms with Crippen molar-refractivity contribution >= 4 is 17.5 Å². The number of likely N-dealkylation sites (N-methyl/N-ethyl adjacent to an activating group) is 2. The largest absolute Gasteiger partial charge is 0.511 e. The molecule has 0 aromatic heterocycles. The topological polar surface area (TPSA) is 153 Å². The number of carbonyl (C=O) groups is 3. The number of likely N-dealkylation sites (tertiary alicyclic amines) is 1. The number of nitrogens with zero attached hydrogens (tertiary/aromatic N) is 4. The number of nitrogens with one attached hydrogen (secondary N) is 4. The maximum Gasteiger partial charge on any atom is 0.322 e. The van der Waals surface area contributed by atoms with E-state index in [-0.39, 0.29) is 36.8 Å². The lowest BCUT2D eigenvalue weighted by atomic mass is 10.1. The van der Waals surface area contributed by atoms with Crippen LogP contribution < -0.4 is 21.3 Å². The number of hydrogen-bond donors (Lipinski definition) is 6. The van der Waals surface area contributed by atoms with E-state index in [1.54, 1.807) is 13.8 Å². The Morgan fingerprint density at radius 1 is 0.809 bits per heavy atom. The van der Waals surface area contributed by atoms with Crippen molar-refractivity contribution in [3.05, 3.63) is 12.3 Å². The number of aliphatic hydroxyl groups excluding tert-OH is 1. The Morgan fingerprint density at radius 2 is 1.34 bits per heavy atom. The highest BCUT2D eigenvalue weighted by molar-refractivity contribution is 5.78. The molecule has 0 radical (unpaired) electrons. The second-order valence-corrected chi connectivity index (χ2v) is 13.0. The maximum absolute atomic E-state index is 10.9. The van der Waals surface area contributed by atoms with Crippen molar-refractivity contribution < 1.29 is 24.6 Å². The summed E-state index contributed by atoms with van der Waals surface area (Å²) in [5.74, 6) is 0.0502. The first kappa shape index (κ1) is 45.0. The van der Waals surface area contributed by atoms with Crippen molar-refractivity contribution in [2.24, 2.45) is 0 Å². The molecular formula is C34H70N8O5. The molecule has 6 N–H and O–H groups in total. The third-order valence-electron chi connectivity index (χ3n) is 8.80. The van der Waals surface area contributed by atoms with E-state index in [0.717, 1.165) is 65.3 Å². The molecular weight excluding hydrogens is 600 g/mol. The van der Waals surface area contributed by atoms with Gasteiger partial charge >= 0.3 is 5.97 Å². The minimum absolute atomic E-state index is 0. The summed E-state index contributed by atoms with van der Waals surface area (Å²) in [7, 11) is 5.86. The van der Waals surface area contributed by atoms with Gasteiger partial charge in [-0.2, -0.15) is 0 Å². The molecule has 3 atom stereocenters. The van der Waals surface area contributed by atoms with Crippen LogP contribution in [0.15, 0.2) is 12.3 Å². The van der Waals surface area contributed by atoms with Crippen LogP contribution in [0.25, 0.3) is 0 Å². The SMILES string of the molecule is C.C=C(O)[C@@H]1CC(NC)CN1.CCCCN1CCN(CC(C)=O)CC1.CN1CCNC(C(=O)O)C1.CNC1CCN(CC(C)=O)CC1. The van der Waals surface area contributed by atoms with Gasteiger partial charge in [0.15, 0.2) is 0 Å². The fourth-order valence-electron chi connectivity index (χ4n) is 5.83. The third kappa shape index (κ3) is 20.9. The highest BCUT2D eigenvalue weighted by Crippen LogP contribution is 2.11. The van der Waals surface area contributed by atoms with E-state index in [4.69, 9.17) is 10.2 Å². The van der Waals surface area contributed by atoms with Gasteiger partial charge < -0.3 is 41.3 Å². The Kier molecular flexibility index (Phi) is 24.9. The second kappa shape index (κ2) is 26.0. The molecule has 276 valence electrons. The van der Waals surface area contributed by atoms with Gasteiger partial charge in [0.05, 0.1) is 19.1 Å². The Hall–Kier alpha value is -1.97. The van der Waals surface area contributed by atoms with E-state index in [0.29, 0.717) is 31.7 Å². The summed E-state index contributed by atoms with van der Waals surface area (Å²) in [4.78, 5) is 41.1. The summed E-state index contributed by atoms with van der Waals surface area (Å²) in [6.07, 6.45) is 5.85. The average molecular weight is 671 g/mol. The standard InChI is InChI=1S/C11H22N2O.C9H18N2O.C7H14N2O.C6H12N2O2.CH4/c1-3-4-5-12-6-8-13(9-7-12)10-11(2)14;1-8(12)7-11-5-3-9(10-2)4-6-11;1-5(10)7-3-6(8-2)4-9-7;1-8-3-2-7-5(4-8)6(9)10;/h3-10H2,1-2H3;9-10H,3-7H2,1-2H3;6-10H,1,3-4H2,2H3;5,7H,2-4H2,1H3,(H,9,10);1H4/t;;6?,7-;;/m..0../s1. The first-order valence-corrected chi connectivity index (χ1v) is 17.1. The molecule has 0 bridgehead atoms. The van der Waals surface area contributed by atoms with Crippen LogP contribution in [0.5, 0.6) is 0 Å². The van der Waals surface area contributed by atoms with Gasteiger partial charge in [-0.1, -0.05) is 27.4 Å². The van der Waals surface area contributed by atoms with Crippen molar-refractivity contribution in [3.63, 3.8) is 0 Å². The van der Waals surface area contributed by atoms with Crippen molar-refractivity contribution in [2.45, 2.75) is 84.5 Å². The molecule has 4 fully saturated rings. The molecule has 0 spiro atoms. The van der Waals surface area contributed by atoms with Gasteiger partial charge in [0.2, 0.25) is 0 Å². The molecule has 0 aromatic rings. The molecule has 0 saturated carbocycles. The van der Waals surface area contributed by atoms with Gasteiger partial charge in [-0.25, -0.2) is 0 Å². The van der Waals surface area contributed by atoms with Crippen molar-refractivity contribution in [1.82, 2.24) is 40.9 Å². The van der Waals surface area contributed by atoms with Crippen LogP contribution in [0.1, 0.15) is 60.3 Å². The number of aliphatic hydroxyl groups is 1. The number of carbonyl (C=O) groups excluding carboxylic acids is 2. The zero-order valence-electron chi connectivity index (χ0n) is 29.7. The fraction of sp³-hybridized carbons (Fsp3) is 0.853. The highest BCUT2D eigenvalue weighted by Gasteiger charge is 2.24. The van der Waals surface area contributed by atoms with Crippen LogP contribution in [-0.2, 0) is 14.4 Å². The number of Topliss-reactive ketones (excluding diaryl/α,β-unsaturated/α-hetero) is 2. The van der Waals surface area contributed by atoms with Gasteiger partial charge in [-0.05, 0) is 67.2 Å². The quantitative estimate of drug-likeness (QED) is 0.173. The molecule has 0 aromatic carbocycles. The lowest BCUT2D eigenvalue weighted by Crippen LogP contribution is -2.52. The number of hydrogen-bond acceptors (Lipinski definition) is 12. The molecule has 47 heavy (non-hydrogen) atoms. The predicted molar refractivity (Wildman–Crippen MR) is 192 cm³/mol. The van der Waals surface area contributed by atoms with Crippen LogP contribution in [0.2, 0.25) is 0 Å². The third-order valence-corrected chi connectivity index (χ3v) is 8.80. The van der Waals surface area contributed by atoms with E-state index >= 15 is 0 Å². The first-order valence-electron chi connectivity index (χ1n) is 17.1. The average Bonchev–Trinajstić information content (AvgIpc) is 3.52. The monoisotopic (exact) mass is 671 g/mol. The molecule has 0 amide bonds. The number of carboxylic acid groups (broad SMARTS) is 1. The zero-order chi connectivity index (χ0) is 34.5. The van der Waals surface area contributed by atoms with Gasteiger partial charge in [0.1, 0.15) is 23.4 Å². The Balaban J connectivity index is 0.000000602. The normalized spacial score (nSPS) is 24.3. The van der Waals surface area contributed by atoms with E-state index in [1.165, 1.54) is 32.2 Å². The maximum atomic E-state index is 10.9. The Labute approximate surface area is 285 Å². The van der Waals surface area contributed by atoms with Gasteiger partial charge in [-0.15, -0.1) is 0 Å². The number of carboxylic acids is 1. The molecule has 2 unspecified atom stereocenters. The van der Waals surface area contributed by atoms with Crippen LogP contribution in [-0.4, -0.2) is 178 Å². The lowest BCUT2D eigenvalue weighted by molar-refractivity contribution is -0.140. The Bertz CT molecular complexity index is 879. The second-order valence-electron chi connectivity index (χ2n) is 13.0. The fourth-order valence-corrected chi connectivity index (χ4v) is 5.83. The van der Waals surface area contributed by atoms with Crippen molar-refractivity contribution in [3.8, 4) is 0 Å². The highest BCUT2D eigenvalue weighted by atomic mass is 16.4. The van der Waals surface area contributed by atoms with Crippen LogP contribution in [0, 0.1) is 0 Å². The summed E-state index contributed by atoms with van der Waals surface area (Å²) in [6.45, 7) is 21.3. The summed E-state index contributed by atoms with van der Waals surface area (Å²) < 4.78 is 0. The number of piperazine rings is 2. The predicted octanol–water partition coefficient (Wildman–Crippen LogP) is 0.871. The summed E-state index contributed by atoms with van der Waals surface area (Å²) in [5.41, 5.74) is 0. The van der Waals surface area contributed by atoms with Gasteiger partial charge in [0, 0.05) is 77.5 Å². The number of unbranched alkanes of at least 4 members (excludes halogenated alkanes) is 1. The molecule has 4 aliphatic heterocycles. The molecule has 4 heterocycles. The van der Waals surface area contributed by atoms with E-state index < -0.39 is 5.97 Å². The number of rotatable bonds is 11. The smallest absolute Gasteiger partial charge is 0.322 e. The lowest BCUT2D eigenvalue weighted by Gasteiger charge is -2.34. The van der Waals surface area contributed by atoms with E-state index in [1.807, 2.05) is 26.0 Å². The Morgan fingerprint density at radius 3 is 1.72 bits per heavy atom. The molecule has 0 aliphatic carbocycles. The first-order chi connectivity index (χ1) is 21.9. The molecule has 4 saturated heterocycles. The van der Waals surface area contributed by atoms with Crippen LogP contribution >= 0.6 is 0 Å². The number of piperidine rings is 1.